The van der Waals surface area contributed by atoms with Crippen molar-refractivity contribution >= 4 is 51.6 Å². The second kappa shape index (κ2) is 7.12. The Balaban J connectivity index is 1.48. The van der Waals surface area contributed by atoms with Gasteiger partial charge in [0.25, 0.3) is 5.91 Å². The van der Waals surface area contributed by atoms with Crippen LogP contribution in [0.5, 0.6) is 0 Å². The van der Waals surface area contributed by atoms with E-state index in [1.165, 1.54) is 10.5 Å². The highest BCUT2D eigenvalue weighted by Gasteiger charge is 2.46. The third kappa shape index (κ3) is 2.88. The Morgan fingerprint density at radius 2 is 1.93 bits per heavy atom. The van der Waals surface area contributed by atoms with E-state index in [1.54, 1.807) is 18.2 Å². The Bertz CT molecular complexity index is 1200. The first-order chi connectivity index (χ1) is 14.4. The number of carbonyl (C=O) groups is 2. The van der Waals surface area contributed by atoms with Crippen LogP contribution in [0.15, 0.2) is 36.4 Å². The van der Waals surface area contributed by atoms with Gasteiger partial charge in [-0.15, -0.1) is 0 Å². The number of halogens is 2. The van der Waals surface area contributed by atoms with Gasteiger partial charge in [-0.3, -0.25) is 14.5 Å². The number of benzene rings is 2. The van der Waals surface area contributed by atoms with Crippen LogP contribution in [0.2, 0.25) is 10.0 Å². The molecule has 2 unspecified atom stereocenters. The van der Waals surface area contributed by atoms with E-state index < -0.39 is 6.04 Å². The molecule has 2 atom stereocenters. The molecule has 154 valence electrons. The van der Waals surface area contributed by atoms with Crippen LogP contribution in [0.1, 0.15) is 36.2 Å². The fourth-order valence-corrected chi connectivity index (χ4v) is 5.20. The normalized spacial score (nSPS) is 22.2. The number of imide groups is 1. The number of nitrogens with one attached hydrogen (secondary N) is 1. The predicted molar refractivity (Wildman–Crippen MR) is 119 cm³/mol. The zero-order chi connectivity index (χ0) is 21.2. The highest BCUT2D eigenvalue weighted by atomic mass is 35.5. The summed E-state index contributed by atoms with van der Waals surface area (Å²) in [5.74, 6) is -0.364. The standard InChI is InChI=1S/C23H21Cl2N3O2/c1-12-17(25)4-3-5-19(12)28-21(29)11-20(23(28)30)27-9-8-15-16-10-14(24)6-7-18(16)26-22(15)13(27)2/h3-7,10,13,20,26H,8-9,11H2,1-2H3. The first-order valence-corrected chi connectivity index (χ1v) is 10.8. The quantitative estimate of drug-likeness (QED) is 0.567. The lowest BCUT2D eigenvalue weighted by Gasteiger charge is -2.36. The molecule has 1 saturated heterocycles. The molecule has 3 aromatic rings. The van der Waals surface area contributed by atoms with Crippen molar-refractivity contribution in [3.8, 4) is 0 Å². The van der Waals surface area contributed by atoms with Crippen LogP contribution in [0.25, 0.3) is 10.9 Å². The lowest BCUT2D eigenvalue weighted by Crippen LogP contribution is -2.46. The maximum Gasteiger partial charge on any atom is 0.251 e. The molecule has 0 aliphatic carbocycles. The van der Waals surface area contributed by atoms with Gasteiger partial charge in [-0.2, -0.15) is 0 Å². The number of nitrogens with zero attached hydrogens (tertiary/aromatic N) is 2. The van der Waals surface area contributed by atoms with Gasteiger partial charge >= 0.3 is 0 Å². The first kappa shape index (κ1) is 19.6. The summed E-state index contributed by atoms with van der Waals surface area (Å²) in [5.41, 5.74) is 4.70. The monoisotopic (exact) mass is 441 g/mol. The number of aromatic nitrogens is 1. The number of anilines is 1. The zero-order valence-electron chi connectivity index (χ0n) is 16.7. The second-order valence-corrected chi connectivity index (χ2v) is 8.89. The maximum absolute atomic E-state index is 13.3. The lowest BCUT2D eigenvalue weighted by molar-refractivity contribution is -0.123. The smallest absolute Gasteiger partial charge is 0.251 e. The number of H-pyrrole nitrogens is 1. The predicted octanol–water partition coefficient (Wildman–Crippen LogP) is 5.03. The number of rotatable bonds is 2. The largest absolute Gasteiger partial charge is 0.357 e. The number of hydrogen-bond acceptors (Lipinski definition) is 3. The molecule has 7 heteroatoms. The fourth-order valence-electron chi connectivity index (χ4n) is 4.86. The first-order valence-electron chi connectivity index (χ1n) is 10.0. The molecule has 1 N–H and O–H groups in total. The Kier molecular flexibility index (Phi) is 4.65. The van der Waals surface area contributed by atoms with Gasteiger partial charge in [0, 0.05) is 39.2 Å². The Hall–Kier alpha value is -2.34. The van der Waals surface area contributed by atoms with Crippen LogP contribution in [0.3, 0.4) is 0 Å². The molecule has 1 fully saturated rings. The molecule has 5 nitrogen and oxygen atoms in total. The van der Waals surface area contributed by atoms with Crippen LogP contribution < -0.4 is 4.90 Å². The molecule has 3 heterocycles. The van der Waals surface area contributed by atoms with Gasteiger partial charge in [0.1, 0.15) is 0 Å². The van der Waals surface area contributed by atoms with Crippen LogP contribution in [0.4, 0.5) is 5.69 Å². The van der Waals surface area contributed by atoms with Gasteiger partial charge < -0.3 is 4.98 Å². The fraction of sp³-hybridized carbons (Fsp3) is 0.304. The minimum Gasteiger partial charge on any atom is -0.357 e. The Labute approximate surface area is 184 Å². The van der Waals surface area contributed by atoms with E-state index in [9.17, 15) is 9.59 Å². The lowest BCUT2D eigenvalue weighted by atomic mass is 9.96. The van der Waals surface area contributed by atoms with Crippen molar-refractivity contribution in [1.82, 2.24) is 9.88 Å². The molecule has 0 saturated carbocycles. The van der Waals surface area contributed by atoms with Gasteiger partial charge in [0.15, 0.2) is 0 Å². The Morgan fingerprint density at radius 1 is 1.13 bits per heavy atom. The third-order valence-electron chi connectivity index (χ3n) is 6.44. The maximum atomic E-state index is 13.3. The molecular weight excluding hydrogens is 421 g/mol. The number of fused-ring (bicyclic) bond motifs is 3. The van der Waals surface area contributed by atoms with Gasteiger partial charge in [-0.05, 0) is 61.7 Å². The highest BCUT2D eigenvalue weighted by Crippen LogP contribution is 2.39. The van der Waals surface area contributed by atoms with Crippen molar-refractivity contribution in [3.05, 3.63) is 63.3 Å². The molecule has 2 aromatic carbocycles. The average Bonchev–Trinajstić information content (AvgIpc) is 3.22. The van der Waals surface area contributed by atoms with E-state index in [1.807, 2.05) is 25.1 Å². The van der Waals surface area contributed by atoms with E-state index in [2.05, 4.69) is 16.8 Å². The van der Waals surface area contributed by atoms with Gasteiger partial charge in [0.2, 0.25) is 5.91 Å². The van der Waals surface area contributed by atoms with E-state index in [0.717, 1.165) is 28.6 Å². The summed E-state index contributed by atoms with van der Waals surface area (Å²) in [4.78, 5) is 33.1. The Morgan fingerprint density at radius 3 is 2.73 bits per heavy atom. The third-order valence-corrected chi connectivity index (χ3v) is 7.08. The summed E-state index contributed by atoms with van der Waals surface area (Å²) in [7, 11) is 0. The molecular formula is C23H21Cl2N3O2. The van der Waals surface area contributed by atoms with Crippen molar-refractivity contribution < 1.29 is 9.59 Å². The summed E-state index contributed by atoms with van der Waals surface area (Å²) in [6, 6.07) is 10.7. The van der Waals surface area contributed by atoms with Crippen LogP contribution in [-0.4, -0.2) is 34.3 Å². The summed E-state index contributed by atoms with van der Waals surface area (Å²) >= 11 is 12.4. The molecule has 0 spiro atoms. The molecule has 2 aliphatic heterocycles. The van der Waals surface area contributed by atoms with Crippen molar-refractivity contribution in [2.24, 2.45) is 0 Å². The van der Waals surface area contributed by atoms with Gasteiger partial charge in [-0.1, -0.05) is 29.3 Å². The number of aromatic amines is 1. The molecule has 30 heavy (non-hydrogen) atoms. The van der Waals surface area contributed by atoms with Crippen molar-refractivity contribution in [2.45, 2.75) is 38.8 Å². The number of amides is 2. The molecule has 5 rings (SSSR count). The minimum atomic E-state index is -0.478. The van der Waals surface area contributed by atoms with Crippen molar-refractivity contribution in [3.63, 3.8) is 0 Å². The zero-order valence-corrected chi connectivity index (χ0v) is 18.2. The minimum absolute atomic E-state index is 0.0120. The summed E-state index contributed by atoms with van der Waals surface area (Å²) in [5, 5.41) is 2.39. The summed E-state index contributed by atoms with van der Waals surface area (Å²) in [6.45, 7) is 4.62. The molecule has 1 aromatic heterocycles. The van der Waals surface area contributed by atoms with E-state index in [4.69, 9.17) is 23.2 Å². The molecule has 0 radical (unpaired) electrons. The van der Waals surface area contributed by atoms with Crippen molar-refractivity contribution in [2.75, 3.05) is 11.4 Å². The topological polar surface area (TPSA) is 56.4 Å². The van der Waals surface area contributed by atoms with Gasteiger partial charge in [0.05, 0.1) is 18.2 Å². The van der Waals surface area contributed by atoms with Crippen LogP contribution in [-0.2, 0) is 16.0 Å². The van der Waals surface area contributed by atoms with Crippen LogP contribution in [0, 0.1) is 6.92 Å². The molecule has 2 amide bonds. The van der Waals surface area contributed by atoms with Gasteiger partial charge in [-0.25, -0.2) is 4.90 Å². The SMILES string of the molecule is Cc1c(Cl)cccc1N1C(=O)CC(N2CCc3c([nH]c4ccc(Cl)cc34)C2C)C1=O. The highest BCUT2D eigenvalue weighted by molar-refractivity contribution is 6.32. The average molecular weight is 442 g/mol. The molecule has 0 bridgehead atoms. The van der Waals surface area contributed by atoms with Crippen LogP contribution >= 0.6 is 23.2 Å². The second-order valence-electron chi connectivity index (χ2n) is 8.04. The van der Waals surface area contributed by atoms with Crippen molar-refractivity contribution in [1.29, 1.82) is 0 Å². The molecule has 2 aliphatic rings. The number of hydrogen-bond donors (Lipinski definition) is 1. The summed E-state index contributed by atoms with van der Waals surface area (Å²) in [6.07, 6.45) is 0.977. The van der Waals surface area contributed by atoms with E-state index >= 15 is 0 Å². The van der Waals surface area contributed by atoms with E-state index in [-0.39, 0.29) is 24.3 Å². The van der Waals surface area contributed by atoms with E-state index in [0.29, 0.717) is 22.3 Å². The summed E-state index contributed by atoms with van der Waals surface area (Å²) < 4.78 is 0. The number of carbonyl (C=O) groups excluding carboxylic acids is 2.